The normalized spacial score (nSPS) is 21.6. The molecule has 4 nitrogen and oxygen atoms in total. The van der Waals surface area contributed by atoms with Gasteiger partial charge < -0.3 is 10.1 Å². The van der Waals surface area contributed by atoms with Gasteiger partial charge in [-0.3, -0.25) is 9.59 Å². The number of benzene rings is 2. The molecule has 4 rings (SSSR count). The Bertz CT molecular complexity index is 958. The van der Waals surface area contributed by atoms with Gasteiger partial charge in [-0.15, -0.1) is 0 Å². The van der Waals surface area contributed by atoms with E-state index in [0.717, 1.165) is 34.6 Å². The van der Waals surface area contributed by atoms with Crippen LogP contribution in [0.15, 0.2) is 59.8 Å². The fourth-order valence-corrected chi connectivity index (χ4v) is 4.41. The first kappa shape index (κ1) is 19.4. The molecule has 1 heterocycles. The van der Waals surface area contributed by atoms with Crippen LogP contribution in [-0.2, 0) is 9.59 Å². The van der Waals surface area contributed by atoms with Gasteiger partial charge in [-0.1, -0.05) is 55.0 Å². The highest BCUT2D eigenvalue weighted by atomic mass is 16.5. The van der Waals surface area contributed by atoms with Gasteiger partial charge in [0.1, 0.15) is 5.75 Å². The van der Waals surface area contributed by atoms with Crippen LogP contribution in [0.4, 0.5) is 0 Å². The van der Waals surface area contributed by atoms with E-state index in [1.807, 2.05) is 24.3 Å². The highest BCUT2D eigenvalue weighted by molar-refractivity contribution is 6.02. The monoisotopic (exact) mass is 389 g/mol. The van der Waals surface area contributed by atoms with Crippen molar-refractivity contribution in [1.29, 1.82) is 0 Å². The number of hydrogen-bond acceptors (Lipinski definition) is 3. The van der Waals surface area contributed by atoms with Gasteiger partial charge in [0.2, 0.25) is 5.91 Å². The largest absolute Gasteiger partial charge is 0.493 e. The Kier molecular flexibility index (Phi) is 5.52. The molecule has 2 aliphatic rings. The molecule has 2 atom stereocenters. The summed E-state index contributed by atoms with van der Waals surface area (Å²) in [5.74, 6) is 0.739. The lowest BCUT2D eigenvalue weighted by atomic mass is 9.73. The number of aryl methyl sites for hydroxylation is 1. The van der Waals surface area contributed by atoms with Crippen molar-refractivity contribution in [2.24, 2.45) is 0 Å². The third kappa shape index (κ3) is 3.98. The number of para-hydroxylation sites is 1. The average molecular weight is 389 g/mol. The van der Waals surface area contributed by atoms with Gasteiger partial charge in [-0.2, -0.15) is 0 Å². The zero-order valence-corrected chi connectivity index (χ0v) is 17.0. The van der Waals surface area contributed by atoms with Crippen molar-refractivity contribution in [1.82, 2.24) is 5.32 Å². The highest BCUT2D eigenvalue weighted by Gasteiger charge is 2.39. The molecule has 2 aromatic rings. The van der Waals surface area contributed by atoms with Gasteiger partial charge in [0.15, 0.2) is 5.78 Å². The van der Waals surface area contributed by atoms with Gasteiger partial charge in [-0.25, -0.2) is 0 Å². The molecule has 2 unspecified atom stereocenters. The van der Waals surface area contributed by atoms with Gasteiger partial charge in [0.05, 0.1) is 6.61 Å². The average Bonchev–Trinajstić information content (AvgIpc) is 2.72. The zero-order valence-electron chi connectivity index (χ0n) is 17.0. The summed E-state index contributed by atoms with van der Waals surface area (Å²) in [7, 11) is 0. The van der Waals surface area contributed by atoms with Crippen molar-refractivity contribution >= 4 is 11.7 Å². The summed E-state index contributed by atoms with van der Waals surface area (Å²) in [6.07, 6.45) is 2.35. The van der Waals surface area contributed by atoms with Crippen molar-refractivity contribution in [3.63, 3.8) is 0 Å². The van der Waals surface area contributed by atoms with Crippen LogP contribution in [0.2, 0.25) is 0 Å². The Hall–Kier alpha value is -2.88. The summed E-state index contributed by atoms with van der Waals surface area (Å²) in [6.45, 7) is 4.74. The number of rotatable bonds is 5. The number of allylic oxidation sites excluding steroid dienone is 2. The third-order valence-corrected chi connectivity index (χ3v) is 5.84. The summed E-state index contributed by atoms with van der Waals surface area (Å²) in [6, 6.07) is 16.1. The first-order valence-corrected chi connectivity index (χ1v) is 10.4. The molecule has 1 amide bonds. The topological polar surface area (TPSA) is 55.4 Å². The van der Waals surface area contributed by atoms with Gasteiger partial charge >= 0.3 is 0 Å². The van der Waals surface area contributed by atoms with Crippen molar-refractivity contribution in [3.8, 4) is 5.75 Å². The van der Waals surface area contributed by atoms with E-state index in [0.29, 0.717) is 19.4 Å². The lowest BCUT2D eigenvalue weighted by Crippen LogP contribution is -2.38. The summed E-state index contributed by atoms with van der Waals surface area (Å²) < 4.78 is 5.93. The minimum atomic E-state index is -0.238. The molecule has 0 radical (unpaired) electrons. The second-order valence-electron chi connectivity index (χ2n) is 8.02. The van der Waals surface area contributed by atoms with E-state index in [9.17, 15) is 9.59 Å². The molecule has 2 aromatic carbocycles. The fourth-order valence-electron chi connectivity index (χ4n) is 4.41. The molecule has 4 heteroatoms. The molecule has 0 fully saturated rings. The van der Waals surface area contributed by atoms with E-state index in [2.05, 4.69) is 43.4 Å². The van der Waals surface area contributed by atoms with Gasteiger partial charge in [0.25, 0.3) is 0 Å². The van der Waals surface area contributed by atoms with E-state index in [1.165, 1.54) is 5.56 Å². The number of ether oxygens (including phenoxy) is 1. The minimum Gasteiger partial charge on any atom is -0.493 e. The van der Waals surface area contributed by atoms with Crippen molar-refractivity contribution in [3.05, 3.63) is 76.5 Å². The number of nitrogens with one attached hydrogen (secondary N) is 1. The maximum atomic E-state index is 13.2. The smallest absolute Gasteiger partial charge is 0.225 e. The van der Waals surface area contributed by atoms with Crippen LogP contribution in [-0.4, -0.2) is 18.3 Å². The predicted molar refractivity (Wildman–Crippen MR) is 113 cm³/mol. The maximum absolute atomic E-state index is 13.2. The van der Waals surface area contributed by atoms with Crippen molar-refractivity contribution in [2.75, 3.05) is 6.61 Å². The standard InChI is InChI=1S/C25H27NO3/c1-3-12-29-23-7-5-4-6-19(23)20-15-24(28)26-21-13-18(14-22(27)25(20)21)17-10-8-16(2)9-11-17/h4-11,18,20H,3,12-15H2,1-2H3,(H,26,28). The quantitative estimate of drug-likeness (QED) is 0.800. The SMILES string of the molecule is CCCOc1ccccc1C1CC(=O)NC2=C1C(=O)CC(c1ccc(C)cc1)C2. The van der Waals surface area contributed by atoms with Crippen LogP contribution in [0.25, 0.3) is 0 Å². The van der Waals surface area contributed by atoms with Crippen molar-refractivity contribution < 1.29 is 14.3 Å². The highest BCUT2D eigenvalue weighted by Crippen LogP contribution is 2.44. The number of carbonyl (C=O) groups excluding carboxylic acids is 2. The fraction of sp³-hybridized carbons (Fsp3) is 0.360. The number of amides is 1. The van der Waals surface area contributed by atoms with Crippen LogP contribution >= 0.6 is 0 Å². The molecule has 0 spiro atoms. The lowest BCUT2D eigenvalue weighted by molar-refractivity contribution is -0.122. The molecule has 29 heavy (non-hydrogen) atoms. The number of carbonyl (C=O) groups is 2. The Morgan fingerprint density at radius 2 is 1.76 bits per heavy atom. The molecule has 0 bridgehead atoms. The van der Waals surface area contributed by atoms with Crippen LogP contribution in [0, 0.1) is 6.92 Å². The second kappa shape index (κ2) is 8.24. The number of Topliss-reactive ketones (excluding diaryl/α,β-unsaturated/α-hetero) is 1. The van der Waals surface area contributed by atoms with Crippen LogP contribution in [0.3, 0.4) is 0 Å². The zero-order chi connectivity index (χ0) is 20.4. The number of hydrogen-bond donors (Lipinski definition) is 1. The molecular weight excluding hydrogens is 362 g/mol. The number of ketones is 1. The molecule has 150 valence electrons. The Labute approximate surface area is 172 Å². The second-order valence-corrected chi connectivity index (χ2v) is 8.02. The summed E-state index contributed by atoms with van der Waals surface area (Å²) in [5.41, 5.74) is 4.84. The summed E-state index contributed by atoms with van der Waals surface area (Å²) >= 11 is 0. The molecule has 1 aliphatic carbocycles. The molecule has 0 saturated carbocycles. The van der Waals surface area contributed by atoms with Gasteiger partial charge in [-0.05, 0) is 37.3 Å². The van der Waals surface area contributed by atoms with Crippen LogP contribution in [0.5, 0.6) is 5.75 Å². The first-order chi connectivity index (χ1) is 14.1. The molecule has 0 aromatic heterocycles. The third-order valence-electron chi connectivity index (χ3n) is 5.84. The first-order valence-electron chi connectivity index (χ1n) is 10.4. The van der Waals surface area contributed by atoms with Crippen molar-refractivity contribution in [2.45, 2.75) is 51.4 Å². The minimum absolute atomic E-state index is 0.0311. The Morgan fingerprint density at radius 3 is 2.52 bits per heavy atom. The van der Waals surface area contributed by atoms with Crippen LogP contribution < -0.4 is 10.1 Å². The van der Waals surface area contributed by atoms with E-state index in [-0.39, 0.29) is 29.9 Å². The Balaban J connectivity index is 1.70. The van der Waals surface area contributed by atoms with E-state index < -0.39 is 0 Å². The van der Waals surface area contributed by atoms with E-state index >= 15 is 0 Å². The summed E-state index contributed by atoms with van der Waals surface area (Å²) in [5, 5.41) is 3.00. The maximum Gasteiger partial charge on any atom is 0.225 e. The van der Waals surface area contributed by atoms with Gasteiger partial charge in [0, 0.05) is 35.6 Å². The van der Waals surface area contributed by atoms with E-state index in [4.69, 9.17) is 4.74 Å². The molecule has 0 saturated heterocycles. The summed E-state index contributed by atoms with van der Waals surface area (Å²) in [4.78, 5) is 25.8. The van der Waals surface area contributed by atoms with Crippen LogP contribution in [0.1, 0.15) is 61.1 Å². The van der Waals surface area contributed by atoms with E-state index in [1.54, 1.807) is 0 Å². The molecule has 1 N–H and O–H groups in total. The molecular formula is C25H27NO3. The predicted octanol–water partition coefficient (Wildman–Crippen LogP) is 4.79. The molecule has 1 aliphatic heterocycles. The lowest BCUT2D eigenvalue weighted by Gasteiger charge is -2.35. The Morgan fingerprint density at radius 1 is 1.00 bits per heavy atom.